The number of aliphatic hydroxyl groups excluding tert-OH is 1. The summed E-state index contributed by atoms with van der Waals surface area (Å²) in [6, 6.07) is 12.6. The third kappa shape index (κ3) is 8.69. The molecule has 0 atom stereocenters. The molecule has 3 amide bonds. The number of amides is 3. The van der Waals surface area contributed by atoms with E-state index in [1.807, 2.05) is 57.2 Å². The molecule has 0 unspecified atom stereocenters. The number of hydrogen-bond donors (Lipinski definition) is 4. The summed E-state index contributed by atoms with van der Waals surface area (Å²) in [5.41, 5.74) is 2.83. The van der Waals surface area contributed by atoms with Crippen LogP contribution in [0.5, 0.6) is 0 Å². The first-order valence-corrected chi connectivity index (χ1v) is 12.8. The Balaban J connectivity index is 1.69. The number of anilines is 3. The fourth-order valence-electron chi connectivity index (χ4n) is 3.38. The summed E-state index contributed by atoms with van der Waals surface area (Å²) < 4.78 is 0. The second-order valence-corrected chi connectivity index (χ2v) is 10.7. The van der Waals surface area contributed by atoms with Gasteiger partial charge in [-0.2, -0.15) is 0 Å². The molecule has 2 heterocycles. The number of aromatic nitrogens is 1. The van der Waals surface area contributed by atoms with Crippen LogP contribution in [0.15, 0.2) is 59.9 Å². The lowest BCUT2D eigenvalue weighted by Crippen LogP contribution is -2.29. The lowest BCUT2D eigenvalue weighted by Gasteiger charge is -2.24. The first kappa shape index (κ1) is 27.8. The van der Waals surface area contributed by atoms with Crippen LogP contribution in [0.1, 0.15) is 33.6 Å². The van der Waals surface area contributed by atoms with E-state index in [1.165, 1.54) is 17.7 Å². The van der Waals surface area contributed by atoms with Crippen LogP contribution in [0.25, 0.3) is 10.4 Å². The lowest BCUT2D eigenvalue weighted by molar-refractivity contribution is -0.120. The van der Waals surface area contributed by atoms with Crippen LogP contribution >= 0.6 is 11.3 Å². The van der Waals surface area contributed by atoms with Crippen LogP contribution in [-0.4, -0.2) is 48.6 Å². The Morgan fingerprint density at radius 1 is 1.19 bits per heavy atom. The molecule has 3 rings (SSSR count). The van der Waals surface area contributed by atoms with E-state index < -0.39 is 6.03 Å². The van der Waals surface area contributed by atoms with Crippen LogP contribution < -0.4 is 20.9 Å². The number of carbonyl (C=O) groups excluding carboxylic acids is 2. The van der Waals surface area contributed by atoms with Crippen molar-refractivity contribution in [3.8, 4) is 10.4 Å². The maximum absolute atomic E-state index is 12.7. The molecule has 0 spiro atoms. The maximum Gasteiger partial charge on any atom is 0.325 e. The molecule has 0 fully saturated rings. The molecule has 0 aliphatic carbocycles. The topological polar surface area (TPSA) is 119 Å². The number of carbonyl (C=O) groups is 2. The van der Waals surface area contributed by atoms with E-state index >= 15 is 0 Å². The molecule has 3 aromatic rings. The van der Waals surface area contributed by atoms with Gasteiger partial charge in [-0.25, -0.2) is 9.79 Å². The van der Waals surface area contributed by atoms with Crippen molar-refractivity contribution in [3.63, 3.8) is 0 Å². The van der Waals surface area contributed by atoms with Gasteiger partial charge in [0.05, 0.1) is 22.7 Å². The number of nitrogens with one attached hydrogen (secondary N) is 3. The number of rotatable bonds is 10. The van der Waals surface area contributed by atoms with Crippen molar-refractivity contribution < 1.29 is 14.7 Å². The van der Waals surface area contributed by atoms with E-state index in [-0.39, 0.29) is 17.9 Å². The minimum Gasteiger partial charge on any atom is -0.396 e. The molecule has 0 aliphatic heterocycles. The van der Waals surface area contributed by atoms with E-state index in [0.717, 1.165) is 16.1 Å². The average molecular weight is 523 g/mol. The number of urea groups is 1. The summed E-state index contributed by atoms with van der Waals surface area (Å²) in [4.78, 5) is 36.3. The van der Waals surface area contributed by atoms with E-state index in [4.69, 9.17) is 5.11 Å². The Kier molecular flexibility index (Phi) is 9.76. The summed E-state index contributed by atoms with van der Waals surface area (Å²) in [7, 11) is 1.74. The molecule has 37 heavy (non-hydrogen) atoms. The highest BCUT2D eigenvalue weighted by Gasteiger charge is 2.20. The zero-order valence-electron chi connectivity index (χ0n) is 21.6. The minimum atomic E-state index is -0.424. The third-order valence-corrected chi connectivity index (χ3v) is 6.31. The molecule has 0 aliphatic rings. The van der Waals surface area contributed by atoms with Gasteiger partial charge in [0.25, 0.3) is 0 Å². The van der Waals surface area contributed by atoms with Gasteiger partial charge in [0, 0.05) is 55.1 Å². The molecule has 0 radical (unpaired) electrons. The van der Waals surface area contributed by atoms with Crippen molar-refractivity contribution in [1.29, 1.82) is 0 Å². The number of nitrogens with zero attached hydrogens (tertiary/aromatic N) is 3. The van der Waals surface area contributed by atoms with Gasteiger partial charge in [-0.1, -0.05) is 26.8 Å². The summed E-state index contributed by atoms with van der Waals surface area (Å²) in [5, 5.41) is 18.5. The fourth-order valence-corrected chi connectivity index (χ4v) is 4.27. The molecular formula is C27H34N6O3S. The van der Waals surface area contributed by atoms with Crippen LogP contribution in [0.3, 0.4) is 0 Å². The fraction of sp³-hybridized carbons (Fsp3) is 0.333. The summed E-state index contributed by atoms with van der Waals surface area (Å²) in [6.07, 6.45) is 5.80. The second kappa shape index (κ2) is 13.0. The molecule has 1 aromatic carbocycles. The van der Waals surface area contributed by atoms with Gasteiger partial charge in [0.2, 0.25) is 5.91 Å². The van der Waals surface area contributed by atoms with Gasteiger partial charge in [0.15, 0.2) is 0 Å². The molecule has 0 bridgehead atoms. The Morgan fingerprint density at radius 3 is 2.70 bits per heavy atom. The minimum absolute atomic E-state index is 0.00234. The summed E-state index contributed by atoms with van der Waals surface area (Å²) in [5.74, 6) is 0.00234. The summed E-state index contributed by atoms with van der Waals surface area (Å²) in [6.45, 7) is 6.70. The molecule has 2 aromatic heterocycles. The van der Waals surface area contributed by atoms with Gasteiger partial charge >= 0.3 is 6.03 Å². The van der Waals surface area contributed by atoms with Crippen LogP contribution in [0, 0.1) is 5.41 Å². The molecular weight excluding hydrogens is 488 g/mol. The van der Waals surface area contributed by atoms with Crippen molar-refractivity contribution in [2.24, 2.45) is 10.4 Å². The highest BCUT2D eigenvalue weighted by atomic mass is 32.1. The smallest absolute Gasteiger partial charge is 0.325 e. The molecule has 4 N–H and O–H groups in total. The Hall–Kier alpha value is -3.76. The van der Waals surface area contributed by atoms with Crippen molar-refractivity contribution in [1.82, 2.24) is 10.3 Å². The van der Waals surface area contributed by atoms with E-state index in [9.17, 15) is 9.59 Å². The van der Waals surface area contributed by atoms with Crippen LogP contribution in [-0.2, 0) is 4.79 Å². The number of aliphatic hydroxyl groups is 1. The zero-order valence-corrected chi connectivity index (χ0v) is 22.4. The number of thiophene rings is 1. The van der Waals surface area contributed by atoms with E-state index in [0.29, 0.717) is 35.8 Å². The van der Waals surface area contributed by atoms with Crippen molar-refractivity contribution in [3.05, 3.63) is 54.9 Å². The lowest BCUT2D eigenvalue weighted by atomic mass is 9.91. The van der Waals surface area contributed by atoms with Crippen LogP contribution in [0.2, 0.25) is 0 Å². The standard InChI is InChI=1S/C27H34N6O3S/c1-27(2,3)16-25(35)33(4)20-8-9-21(29-13-6-14-34)22(15-20)30-18-31-26(36)32-24-11-10-23(37-24)19-7-5-12-28-17-19/h5,7-12,15,17-18,29,34H,6,13-14,16H2,1-4H3,(H2,30,31,32,36). The SMILES string of the molecule is CN(C(=O)CC(C)(C)C)c1ccc(NCCCO)c(N=CNC(=O)Nc2ccc(-c3cccnc3)s2)c1. The first-order chi connectivity index (χ1) is 17.7. The number of pyridine rings is 1. The molecule has 0 saturated heterocycles. The van der Waals surface area contributed by atoms with E-state index in [2.05, 4.69) is 25.9 Å². The molecule has 0 saturated carbocycles. The van der Waals surface area contributed by atoms with Crippen molar-refractivity contribution in [2.45, 2.75) is 33.6 Å². The predicted molar refractivity (Wildman–Crippen MR) is 152 cm³/mol. The molecule has 9 nitrogen and oxygen atoms in total. The Bertz CT molecular complexity index is 1220. The predicted octanol–water partition coefficient (Wildman–Crippen LogP) is 5.48. The van der Waals surface area contributed by atoms with Crippen molar-refractivity contribution >= 4 is 51.7 Å². The summed E-state index contributed by atoms with van der Waals surface area (Å²) >= 11 is 1.45. The Morgan fingerprint density at radius 2 is 2.00 bits per heavy atom. The van der Waals surface area contributed by atoms with Gasteiger partial charge in [-0.3, -0.25) is 20.4 Å². The first-order valence-electron chi connectivity index (χ1n) is 12.0. The number of aliphatic imine (C=N–C) groups is 1. The Labute approximate surface area is 221 Å². The molecule has 10 heteroatoms. The van der Waals surface area contributed by atoms with Gasteiger partial charge < -0.3 is 15.3 Å². The normalized spacial score (nSPS) is 11.4. The number of hydrogen-bond acceptors (Lipinski definition) is 7. The highest BCUT2D eigenvalue weighted by molar-refractivity contribution is 7.19. The maximum atomic E-state index is 12.7. The van der Waals surface area contributed by atoms with Gasteiger partial charge in [0.1, 0.15) is 0 Å². The number of benzene rings is 1. The van der Waals surface area contributed by atoms with Gasteiger partial charge in [-0.05, 0) is 48.2 Å². The van der Waals surface area contributed by atoms with Gasteiger partial charge in [-0.15, -0.1) is 11.3 Å². The second-order valence-electron chi connectivity index (χ2n) is 9.66. The highest BCUT2D eigenvalue weighted by Crippen LogP contribution is 2.32. The zero-order chi connectivity index (χ0) is 26.8. The van der Waals surface area contributed by atoms with Crippen LogP contribution in [0.4, 0.5) is 26.9 Å². The van der Waals surface area contributed by atoms with Crippen molar-refractivity contribution in [2.75, 3.05) is 35.7 Å². The third-order valence-electron chi connectivity index (χ3n) is 5.26. The van der Waals surface area contributed by atoms with E-state index in [1.54, 1.807) is 30.4 Å². The monoisotopic (exact) mass is 522 g/mol. The largest absolute Gasteiger partial charge is 0.396 e. The molecule has 196 valence electrons. The average Bonchev–Trinajstić information content (AvgIpc) is 3.32. The quantitative estimate of drug-likeness (QED) is 0.160.